The van der Waals surface area contributed by atoms with Crippen LogP contribution in [0.5, 0.6) is 0 Å². The number of rotatable bonds is 5. The zero-order valence-electron chi connectivity index (χ0n) is 9.07. The SMILES string of the molecule is O=C(CNC(=O)c1ccc(Br)cc1)NCCO. The van der Waals surface area contributed by atoms with E-state index < -0.39 is 0 Å². The van der Waals surface area contributed by atoms with E-state index in [1.807, 2.05) is 0 Å². The molecular weight excluding hydrogens is 288 g/mol. The number of hydrogen-bond acceptors (Lipinski definition) is 3. The number of benzene rings is 1. The van der Waals surface area contributed by atoms with E-state index in [0.29, 0.717) is 5.56 Å². The highest BCUT2D eigenvalue weighted by Gasteiger charge is 2.07. The zero-order valence-corrected chi connectivity index (χ0v) is 10.7. The number of aliphatic hydroxyl groups excluding tert-OH is 1. The molecule has 0 saturated carbocycles. The maximum absolute atomic E-state index is 11.6. The number of aliphatic hydroxyl groups is 1. The number of nitrogens with one attached hydrogen (secondary N) is 2. The maximum atomic E-state index is 11.6. The normalized spacial score (nSPS) is 9.76. The summed E-state index contributed by atoms with van der Waals surface area (Å²) < 4.78 is 0.884. The van der Waals surface area contributed by atoms with Crippen molar-refractivity contribution in [1.82, 2.24) is 10.6 Å². The van der Waals surface area contributed by atoms with Gasteiger partial charge in [-0.1, -0.05) is 15.9 Å². The van der Waals surface area contributed by atoms with Gasteiger partial charge in [0.05, 0.1) is 13.2 Å². The maximum Gasteiger partial charge on any atom is 0.251 e. The van der Waals surface area contributed by atoms with Gasteiger partial charge in [0.1, 0.15) is 0 Å². The molecule has 0 saturated heterocycles. The zero-order chi connectivity index (χ0) is 12.7. The Bertz CT molecular complexity index is 392. The molecule has 0 atom stereocenters. The summed E-state index contributed by atoms with van der Waals surface area (Å²) in [4.78, 5) is 22.7. The van der Waals surface area contributed by atoms with Gasteiger partial charge in [0.2, 0.25) is 5.91 Å². The number of hydrogen-bond donors (Lipinski definition) is 3. The Morgan fingerprint density at radius 3 is 2.41 bits per heavy atom. The Kier molecular flexibility index (Phi) is 5.65. The van der Waals surface area contributed by atoms with Crippen LogP contribution in [0, 0.1) is 0 Å². The molecule has 3 N–H and O–H groups in total. The molecule has 92 valence electrons. The summed E-state index contributed by atoms with van der Waals surface area (Å²) in [6.45, 7) is -0.0334. The first kappa shape index (κ1) is 13.7. The summed E-state index contributed by atoms with van der Waals surface area (Å²) in [6.07, 6.45) is 0. The average Bonchev–Trinajstić information content (AvgIpc) is 2.34. The van der Waals surface area contributed by atoms with Gasteiger partial charge in [-0.25, -0.2) is 0 Å². The number of carbonyl (C=O) groups is 2. The van der Waals surface area contributed by atoms with E-state index in [0.717, 1.165) is 4.47 Å². The van der Waals surface area contributed by atoms with Crippen LogP contribution < -0.4 is 10.6 Å². The fourth-order valence-electron chi connectivity index (χ4n) is 1.12. The van der Waals surface area contributed by atoms with E-state index >= 15 is 0 Å². The van der Waals surface area contributed by atoms with Crippen molar-refractivity contribution in [2.45, 2.75) is 0 Å². The molecular formula is C11H13BrN2O3. The molecule has 17 heavy (non-hydrogen) atoms. The third-order valence-corrected chi connectivity index (χ3v) is 2.48. The van der Waals surface area contributed by atoms with E-state index in [1.54, 1.807) is 24.3 Å². The molecule has 5 nitrogen and oxygen atoms in total. The van der Waals surface area contributed by atoms with Crippen molar-refractivity contribution in [3.63, 3.8) is 0 Å². The molecule has 0 aliphatic heterocycles. The van der Waals surface area contributed by atoms with Gasteiger partial charge in [-0.15, -0.1) is 0 Å². The Morgan fingerprint density at radius 1 is 1.18 bits per heavy atom. The molecule has 0 heterocycles. The standard InChI is InChI=1S/C11H13BrN2O3/c12-9-3-1-8(2-4-9)11(17)14-7-10(16)13-5-6-15/h1-4,15H,5-7H2,(H,13,16)(H,14,17). The minimum absolute atomic E-state index is 0.102. The first-order valence-corrected chi connectivity index (χ1v) is 5.84. The summed E-state index contributed by atoms with van der Waals surface area (Å²) in [6, 6.07) is 6.82. The van der Waals surface area contributed by atoms with E-state index in [2.05, 4.69) is 26.6 Å². The van der Waals surface area contributed by atoms with E-state index in [4.69, 9.17) is 5.11 Å². The summed E-state index contributed by atoms with van der Waals surface area (Å²) in [5.41, 5.74) is 0.489. The minimum atomic E-state index is -0.329. The highest BCUT2D eigenvalue weighted by Crippen LogP contribution is 2.10. The van der Waals surface area contributed by atoms with Gasteiger partial charge in [-0.05, 0) is 24.3 Å². The van der Waals surface area contributed by atoms with Gasteiger partial charge in [0.15, 0.2) is 0 Å². The summed E-state index contributed by atoms with van der Waals surface area (Å²) in [5.74, 6) is -0.638. The molecule has 0 bridgehead atoms. The molecule has 0 radical (unpaired) electrons. The topological polar surface area (TPSA) is 78.4 Å². The molecule has 1 aromatic carbocycles. The van der Waals surface area contributed by atoms with Crippen LogP contribution in [-0.2, 0) is 4.79 Å². The van der Waals surface area contributed by atoms with Crippen LogP contribution >= 0.6 is 15.9 Å². The predicted octanol–water partition coefficient (Wildman–Crippen LogP) is 0.287. The van der Waals surface area contributed by atoms with Crippen molar-refractivity contribution < 1.29 is 14.7 Å². The van der Waals surface area contributed by atoms with Crippen LogP contribution in [0.1, 0.15) is 10.4 Å². The lowest BCUT2D eigenvalue weighted by Crippen LogP contribution is -2.37. The molecule has 1 rings (SSSR count). The number of halogens is 1. The van der Waals surface area contributed by atoms with Gasteiger partial charge in [-0.3, -0.25) is 9.59 Å². The summed E-state index contributed by atoms with van der Waals surface area (Å²) in [5, 5.41) is 13.4. The minimum Gasteiger partial charge on any atom is -0.395 e. The molecule has 1 aromatic rings. The lowest BCUT2D eigenvalue weighted by atomic mass is 10.2. The Morgan fingerprint density at radius 2 is 1.82 bits per heavy atom. The number of amides is 2. The van der Waals surface area contributed by atoms with Crippen molar-refractivity contribution in [2.75, 3.05) is 19.7 Å². The van der Waals surface area contributed by atoms with Crippen molar-refractivity contribution in [1.29, 1.82) is 0 Å². The van der Waals surface area contributed by atoms with Gasteiger partial charge in [0.25, 0.3) is 5.91 Å². The summed E-state index contributed by atoms with van der Waals surface area (Å²) in [7, 11) is 0. The molecule has 0 fully saturated rings. The van der Waals surface area contributed by atoms with Gasteiger partial charge < -0.3 is 15.7 Å². The van der Waals surface area contributed by atoms with Crippen molar-refractivity contribution in [2.24, 2.45) is 0 Å². The highest BCUT2D eigenvalue weighted by atomic mass is 79.9. The third-order valence-electron chi connectivity index (χ3n) is 1.95. The van der Waals surface area contributed by atoms with E-state index in [-0.39, 0.29) is 31.5 Å². The average molecular weight is 301 g/mol. The van der Waals surface area contributed by atoms with Crippen molar-refractivity contribution in [3.8, 4) is 0 Å². The highest BCUT2D eigenvalue weighted by molar-refractivity contribution is 9.10. The Labute approximate surface area is 107 Å². The van der Waals surface area contributed by atoms with Crippen LogP contribution in [0.4, 0.5) is 0 Å². The first-order valence-electron chi connectivity index (χ1n) is 5.05. The van der Waals surface area contributed by atoms with Crippen LogP contribution in [-0.4, -0.2) is 36.6 Å². The van der Waals surface area contributed by atoms with Crippen LogP contribution in [0.3, 0.4) is 0 Å². The first-order chi connectivity index (χ1) is 8.13. The third kappa shape index (κ3) is 4.97. The molecule has 6 heteroatoms. The second-order valence-electron chi connectivity index (χ2n) is 3.26. The fraction of sp³-hybridized carbons (Fsp3) is 0.273. The Balaban J connectivity index is 2.39. The molecule has 0 unspecified atom stereocenters. The fourth-order valence-corrected chi connectivity index (χ4v) is 1.39. The quantitative estimate of drug-likeness (QED) is 0.731. The van der Waals surface area contributed by atoms with Crippen molar-refractivity contribution >= 4 is 27.7 Å². The molecule has 0 spiro atoms. The molecule has 2 amide bonds. The molecule has 0 aromatic heterocycles. The second-order valence-corrected chi connectivity index (χ2v) is 4.18. The van der Waals surface area contributed by atoms with Crippen LogP contribution in [0.15, 0.2) is 28.7 Å². The number of carbonyl (C=O) groups excluding carboxylic acids is 2. The second kappa shape index (κ2) is 7.03. The summed E-state index contributed by atoms with van der Waals surface area (Å²) >= 11 is 3.27. The van der Waals surface area contributed by atoms with Crippen molar-refractivity contribution in [3.05, 3.63) is 34.3 Å². The largest absolute Gasteiger partial charge is 0.395 e. The van der Waals surface area contributed by atoms with Crippen LogP contribution in [0.25, 0.3) is 0 Å². The van der Waals surface area contributed by atoms with E-state index in [9.17, 15) is 9.59 Å². The van der Waals surface area contributed by atoms with Gasteiger partial charge in [-0.2, -0.15) is 0 Å². The Hall–Kier alpha value is -1.40. The molecule has 0 aliphatic rings. The molecule has 0 aliphatic carbocycles. The lowest BCUT2D eigenvalue weighted by molar-refractivity contribution is -0.120. The van der Waals surface area contributed by atoms with Crippen LogP contribution in [0.2, 0.25) is 0 Å². The lowest BCUT2D eigenvalue weighted by Gasteiger charge is -2.05. The van der Waals surface area contributed by atoms with Gasteiger partial charge >= 0.3 is 0 Å². The monoisotopic (exact) mass is 300 g/mol. The predicted molar refractivity (Wildman–Crippen MR) is 66.6 cm³/mol. The van der Waals surface area contributed by atoms with E-state index in [1.165, 1.54) is 0 Å². The van der Waals surface area contributed by atoms with Gasteiger partial charge in [0, 0.05) is 16.6 Å². The smallest absolute Gasteiger partial charge is 0.251 e.